The molecule has 23 heavy (non-hydrogen) atoms. The van der Waals surface area contributed by atoms with Crippen LogP contribution in [0.3, 0.4) is 0 Å². The molecule has 0 radical (unpaired) electrons. The summed E-state index contributed by atoms with van der Waals surface area (Å²) in [6.45, 7) is 4.49. The first-order chi connectivity index (χ1) is 11.0. The van der Waals surface area contributed by atoms with Gasteiger partial charge in [-0.15, -0.1) is 0 Å². The fourth-order valence-corrected chi connectivity index (χ4v) is 3.14. The number of hydrogen-bond acceptors (Lipinski definition) is 3. The van der Waals surface area contributed by atoms with E-state index in [-0.39, 0.29) is 11.9 Å². The van der Waals surface area contributed by atoms with Crippen molar-refractivity contribution in [2.75, 3.05) is 14.2 Å². The number of nitrogens with one attached hydrogen (secondary N) is 1. The lowest BCUT2D eigenvalue weighted by Gasteiger charge is -2.34. The zero-order valence-corrected chi connectivity index (χ0v) is 14.5. The first-order valence-electron chi connectivity index (χ1n) is 8.25. The molecule has 0 bridgehead atoms. The van der Waals surface area contributed by atoms with Crippen LogP contribution in [0, 0.1) is 11.8 Å². The predicted molar refractivity (Wildman–Crippen MR) is 92.7 cm³/mol. The summed E-state index contributed by atoms with van der Waals surface area (Å²) in [7, 11) is 3.22. The van der Waals surface area contributed by atoms with Gasteiger partial charge in [-0.25, -0.2) is 0 Å². The molecule has 4 nitrogen and oxygen atoms in total. The van der Waals surface area contributed by atoms with E-state index in [1.807, 2.05) is 18.2 Å². The second-order valence-corrected chi connectivity index (χ2v) is 6.32. The van der Waals surface area contributed by atoms with Crippen LogP contribution >= 0.6 is 0 Å². The number of carbonyl (C=O) groups excluding carboxylic acids is 1. The lowest BCUT2D eigenvalue weighted by Crippen LogP contribution is -2.43. The smallest absolute Gasteiger partial charge is 0.244 e. The van der Waals surface area contributed by atoms with Crippen molar-refractivity contribution in [3.05, 3.63) is 29.8 Å². The molecule has 126 valence electrons. The third kappa shape index (κ3) is 4.50. The number of amides is 1. The number of rotatable bonds is 5. The summed E-state index contributed by atoms with van der Waals surface area (Å²) in [5.41, 5.74) is 0.855. The van der Waals surface area contributed by atoms with Crippen LogP contribution in [0.2, 0.25) is 0 Å². The highest BCUT2D eigenvalue weighted by molar-refractivity contribution is 5.92. The fraction of sp³-hybridized carbons (Fsp3) is 0.526. The molecule has 0 aliphatic heterocycles. The van der Waals surface area contributed by atoms with Gasteiger partial charge in [-0.2, -0.15) is 0 Å². The van der Waals surface area contributed by atoms with Gasteiger partial charge in [0, 0.05) is 23.7 Å². The Morgan fingerprint density at radius 1 is 1.22 bits per heavy atom. The molecule has 3 atom stereocenters. The zero-order valence-electron chi connectivity index (χ0n) is 14.5. The van der Waals surface area contributed by atoms with Crippen molar-refractivity contribution in [2.24, 2.45) is 11.8 Å². The largest absolute Gasteiger partial charge is 0.497 e. The Kier molecular flexibility index (Phi) is 6.08. The zero-order chi connectivity index (χ0) is 16.8. The average Bonchev–Trinajstić information content (AvgIpc) is 2.57. The Hall–Kier alpha value is -1.97. The van der Waals surface area contributed by atoms with Gasteiger partial charge in [-0.1, -0.05) is 26.7 Å². The van der Waals surface area contributed by atoms with Gasteiger partial charge in [-0.05, 0) is 36.5 Å². The van der Waals surface area contributed by atoms with E-state index in [2.05, 4.69) is 19.2 Å². The summed E-state index contributed by atoms with van der Waals surface area (Å²) in [5, 5.41) is 3.14. The monoisotopic (exact) mass is 317 g/mol. The van der Waals surface area contributed by atoms with Crippen LogP contribution in [0.15, 0.2) is 24.3 Å². The summed E-state index contributed by atoms with van der Waals surface area (Å²) < 4.78 is 10.5. The van der Waals surface area contributed by atoms with Crippen LogP contribution in [0.4, 0.5) is 0 Å². The standard InChI is InChI=1S/C19H27NO3/c1-13-6-5-7-17(14(13)2)20-19(21)11-9-15-8-10-16(22-3)12-18(15)23-4/h8-14,17H,5-7H2,1-4H3,(H,20,21)/b11-9+/t13-,14+,17+/m0/s1. The van der Waals surface area contributed by atoms with Crippen molar-refractivity contribution >= 4 is 12.0 Å². The number of carbonyl (C=O) groups is 1. The Morgan fingerprint density at radius 2 is 2.00 bits per heavy atom. The van der Waals surface area contributed by atoms with Gasteiger partial charge in [0.25, 0.3) is 0 Å². The van der Waals surface area contributed by atoms with E-state index in [4.69, 9.17) is 9.47 Å². The van der Waals surface area contributed by atoms with Gasteiger partial charge in [0.05, 0.1) is 14.2 Å². The van der Waals surface area contributed by atoms with Gasteiger partial charge in [0.1, 0.15) is 11.5 Å². The molecule has 0 unspecified atom stereocenters. The molecule has 4 heteroatoms. The lowest BCUT2D eigenvalue weighted by atomic mass is 9.78. The van der Waals surface area contributed by atoms with E-state index in [9.17, 15) is 4.79 Å². The Balaban J connectivity index is 2.01. The van der Waals surface area contributed by atoms with E-state index in [1.54, 1.807) is 26.4 Å². The molecule has 0 aromatic heterocycles. The molecule has 1 aromatic rings. The summed E-state index contributed by atoms with van der Waals surface area (Å²) >= 11 is 0. The maximum atomic E-state index is 12.2. The molecule has 1 saturated carbocycles. The first-order valence-corrected chi connectivity index (χ1v) is 8.25. The van der Waals surface area contributed by atoms with Crippen LogP contribution < -0.4 is 14.8 Å². The highest BCUT2D eigenvalue weighted by Gasteiger charge is 2.27. The molecule has 2 rings (SSSR count). The molecule has 1 fully saturated rings. The topological polar surface area (TPSA) is 47.6 Å². The normalized spacial score (nSPS) is 24.4. The average molecular weight is 317 g/mol. The van der Waals surface area contributed by atoms with Gasteiger partial charge in [0.2, 0.25) is 5.91 Å². The lowest BCUT2D eigenvalue weighted by molar-refractivity contribution is -0.117. The van der Waals surface area contributed by atoms with Gasteiger partial charge in [-0.3, -0.25) is 4.79 Å². The van der Waals surface area contributed by atoms with Gasteiger partial charge < -0.3 is 14.8 Å². The Morgan fingerprint density at radius 3 is 2.70 bits per heavy atom. The highest BCUT2D eigenvalue weighted by Crippen LogP contribution is 2.29. The highest BCUT2D eigenvalue weighted by atomic mass is 16.5. The molecule has 0 heterocycles. The molecule has 0 spiro atoms. The number of hydrogen-bond donors (Lipinski definition) is 1. The van der Waals surface area contributed by atoms with E-state index in [0.29, 0.717) is 17.6 Å². The molecular formula is C19H27NO3. The van der Waals surface area contributed by atoms with Crippen LogP contribution in [0.1, 0.15) is 38.7 Å². The van der Waals surface area contributed by atoms with Crippen molar-refractivity contribution in [2.45, 2.75) is 39.2 Å². The summed E-state index contributed by atoms with van der Waals surface area (Å²) in [4.78, 5) is 12.2. The van der Waals surface area contributed by atoms with E-state index < -0.39 is 0 Å². The quantitative estimate of drug-likeness (QED) is 0.843. The molecule has 0 saturated heterocycles. The number of benzene rings is 1. The predicted octanol–water partition coefficient (Wildman–Crippen LogP) is 3.66. The van der Waals surface area contributed by atoms with Crippen LogP contribution in [0.25, 0.3) is 6.08 Å². The molecule has 1 N–H and O–H groups in total. The van der Waals surface area contributed by atoms with Crippen molar-refractivity contribution in [1.82, 2.24) is 5.32 Å². The minimum atomic E-state index is -0.0474. The molecule has 1 aromatic carbocycles. The second kappa shape index (κ2) is 8.04. The number of methoxy groups -OCH3 is 2. The van der Waals surface area contributed by atoms with Gasteiger partial charge >= 0.3 is 0 Å². The van der Waals surface area contributed by atoms with Crippen molar-refractivity contribution in [3.8, 4) is 11.5 Å². The Labute approximate surface area is 138 Å². The van der Waals surface area contributed by atoms with Crippen molar-refractivity contribution in [3.63, 3.8) is 0 Å². The molecule has 1 aliphatic rings. The maximum Gasteiger partial charge on any atom is 0.244 e. The summed E-state index contributed by atoms with van der Waals surface area (Å²) in [6.07, 6.45) is 6.87. The van der Waals surface area contributed by atoms with Crippen LogP contribution in [0.5, 0.6) is 11.5 Å². The fourth-order valence-electron chi connectivity index (χ4n) is 3.14. The summed E-state index contributed by atoms with van der Waals surface area (Å²) in [6, 6.07) is 5.81. The SMILES string of the molecule is COc1ccc(/C=C/C(=O)N[C@@H]2CCC[C@H](C)[C@H]2C)c(OC)c1. The van der Waals surface area contributed by atoms with Crippen LogP contribution in [-0.4, -0.2) is 26.2 Å². The van der Waals surface area contributed by atoms with Crippen molar-refractivity contribution in [1.29, 1.82) is 0 Å². The van der Waals surface area contributed by atoms with E-state index >= 15 is 0 Å². The third-order valence-corrected chi connectivity index (χ3v) is 4.89. The Bertz CT molecular complexity index is 568. The first kappa shape index (κ1) is 17.4. The minimum Gasteiger partial charge on any atom is -0.497 e. The number of ether oxygens (including phenoxy) is 2. The third-order valence-electron chi connectivity index (χ3n) is 4.89. The maximum absolute atomic E-state index is 12.2. The second-order valence-electron chi connectivity index (χ2n) is 6.32. The molecular weight excluding hydrogens is 290 g/mol. The molecule has 1 amide bonds. The van der Waals surface area contributed by atoms with Gasteiger partial charge in [0.15, 0.2) is 0 Å². The summed E-state index contributed by atoms with van der Waals surface area (Å²) in [5.74, 6) is 2.56. The van der Waals surface area contributed by atoms with Crippen molar-refractivity contribution < 1.29 is 14.3 Å². The van der Waals surface area contributed by atoms with Crippen LogP contribution in [-0.2, 0) is 4.79 Å². The van der Waals surface area contributed by atoms with E-state index in [1.165, 1.54) is 12.8 Å². The van der Waals surface area contributed by atoms with E-state index in [0.717, 1.165) is 17.7 Å². The minimum absolute atomic E-state index is 0.0474. The molecule has 1 aliphatic carbocycles.